The summed E-state index contributed by atoms with van der Waals surface area (Å²) in [5, 5.41) is 8.90. The minimum absolute atomic E-state index is 0.0348. The predicted molar refractivity (Wildman–Crippen MR) is 80.7 cm³/mol. The van der Waals surface area contributed by atoms with Crippen LogP contribution in [0.2, 0.25) is 10.0 Å². The van der Waals surface area contributed by atoms with Crippen LogP contribution in [-0.2, 0) is 10.0 Å². The minimum atomic E-state index is -3.97. The Bertz CT molecular complexity index is 806. The van der Waals surface area contributed by atoms with Gasteiger partial charge in [0.15, 0.2) is 0 Å². The summed E-state index contributed by atoms with van der Waals surface area (Å²) in [5.74, 6) is -1.16. The van der Waals surface area contributed by atoms with Gasteiger partial charge in [0.05, 0.1) is 15.6 Å². The number of halogens is 2. The SMILES string of the molecule is O=C(O)c1cccc(NS(=O)(=O)c2cccc(Cl)c2Cl)c1. The summed E-state index contributed by atoms with van der Waals surface area (Å²) >= 11 is 11.7. The molecule has 2 aromatic rings. The monoisotopic (exact) mass is 345 g/mol. The van der Waals surface area contributed by atoms with Gasteiger partial charge in [-0.05, 0) is 30.3 Å². The molecule has 2 aromatic carbocycles. The summed E-state index contributed by atoms with van der Waals surface area (Å²) in [6.45, 7) is 0. The first-order valence-corrected chi connectivity index (χ1v) is 7.85. The van der Waals surface area contributed by atoms with E-state index in [4.69, 9.17) is 28.3 Å². The third kappa shape index (κ3) is 3.47. The first-order chi connectivity index (χ1) is 9.81. The lowest BCUT2D eigenvalue weighted by molar-refractivity contribution is 0.0697. The number of carboxylic acid groups (broad SMARTS) is 1. The highest BCUT2D eigenvalue weighted by molar-refractivity contribution is 7.92. The molecule has 21 heavy (non-hydrogen) atoms. The second kappa shape index (κ2) is 5.93. The van der Waals surface area contributed by atoms with Crippen molar-refractivity contribution in [1.29, 1.82) is 0 Å². The maximum Gasteiger partial charge on any atom is 0.335 e. The van der Waals surface area contributed by atoms with E-state index in [1.165, 1.54) is 42.5 Å². The fourth-order valence-electron chi connectivity index (χ4n) is 1.62. The molecule has 0 bridgehead atoms. The van der Waals surface area contributed by atoms with E-state index in [0.29, 0.717) is 0 Å². The molecule has 0 heterocycles. The third-order valence-corrected chi connectivity index (χ3v) is 4.92. The summed E-state index contributed by atoms with van der Waals surface area (Å²) in [6.07, 6.45) is 0. The molecule has 0 aliphatic carbocycles. The van der Waals surface area contributed by atoms with Crippen LogP contribution in [-0.4, -0.2) is 19.5 Å². The highest BCUT2D eigenvalue weighted by Crippen LogP contribution is 2.30. The van der Waals surface area contributed by atoms with Gasteiger partial charge in [0.1, 0.15) is 4.90 Å². The van der Waals surface area contributed by atoms with Crippen LogP contribution in [0.4, 0.5) is 5.69 Å². The van der Waals surface area contributed by atoms with Crippen LogP contribution in [0.3, 0.4) is 0 Å². The molecule has 0 fully saturated rings. The Morgan fingerprint density at radius 1 is 1.10 bits per heavy atom. The highest BCUT2D eigenvalue weighted by atomic mass is 35.5. The van der Waals surface area contributed by atoms with Crippen LogP contribution in [0.5, 0.6) is 0 Å². The molecule has 0 radical (unpaired) electrons. The molecule has 0 saturated heterocycles. The van der Waals surface area contributed by atoms with Crippen molar-refractivity contribution in [3.8, 4) is 0 Å². The van der Waals surface area contributed by atoms with Crippen LogP contribution >= 0.6 is 23.2 Å². The number of carbonyl (C=O) groups is 1. The molecule has 0 atom stereocenters. The van der Waals surface area contributed by atoms with Gasteiger partial charge in [0.2, 0.25) is 0 Å². The standard InChI is InChI=1S/C13H9Cl2NO4S/c14-10-5-2-6-11(12(10)15)21(19,20)16-9-4-1-3-8(7-9)13(17)18/h1-7,16H,(H,17,18). The van der Waals surface area contributed by atoms with E-state index >= 15 is 0 Å². The zero-order chi connectivity index (χ0) is 15.6. The van der Waals surface area contributed by atoms with E-state index in [9.17, 15) is 13.2 Å². The Balaban J connectivity index is 2.40. The van der Waals surface area contributed by atoms with Gasteiger partial charge < -0.3 is 5.11 Å². The smallest absolute Gasteiger partial charge is 0.335 e. The fraction of sp³-hybridized carbons (Fsp3) is 0. The van der Waals surface area contributed by atoms with E-state index in [2.05, 4.69) is 4.72 Å². The van der Waals surface area contributed by atoms with Gasteiger partial charge in [-0.3, -0.25) is 4.72 Å². The lowest BCUT2D eigenvalue weighted by atomic mass is 10.2. The molecule has 0 amide bonds. The van der Waals surface area contributed by atoms with E-state index in [0.717, 1.165) is 0 Å². The number of sulfonamides is 1. The Hall–Kier alpha value is -1.76. The van der Waals surface area contributed by atoms with Crippen LogP contribution in [0.1, 0.15) is 10.4 Å². The van der Waals surface area contributed by atoms with Gasteiger partial charge in [-0.1, -0.05) is 35.3 Å². The van der Waals surface area contributed by atoms with Gasteiger partial charge in [-0.15, -0.1) is 0 Å². The number of carboxylic acids is 1. The quantitative estimate of drug-likeness (QED) is 0.888. The maximum atomic E-state index is 12.3. The maximum absolute atomic E-state index is 12.3. The number of aromatic carboxylic acids is 1. The van der Waals surface area contributed by atoms with Crippen LogP contribution in [0.25, 0.3) is 0 Å². The largest absolute Gasteiger partial charge is 0.478 e. The van der Waals surface area contributed by atoms with Gasteiger partial charge in [-0.2, -0.15) is 0 Å². The number of hydrogen-bond acceptors (Lipinski definition) is 3. The Morgan fingerprint density at radius 2 is 1.76 bits per heavy atom. The van der Waals surface area contributed by atoms with Crippen molar-refractivity contribution in [2.45, 2.75) is 4.90 Å². The fourth-order valence-corrected chi connectivity index (χ4v) is 3.43. The Kier molecular flexibility index (Phi) is 4.41. The molecular weight excluding hydrogens is 337 g/mol. The molecule has 0 unspecified atom stereocenters. The first kappa shape index (κ1) is 15.6. The number of nitrogens with one attached hydrogen (secondary N) is 1. The average molecular weight is 346 g/mol. The average Bonchev–Trinajstić information content (AvgIpc) is 2.41. The van der Waals surface area contributed by atoms with Gasteiger partial charge >= 0.3 is 5.97 Å². The van der Waals surface area contributed by atoms with Gasteiger partial charge in [0.25, 0.3) is 10.0 Å². The van der Waals surface area contributed by atoms with Crippen molar-refractivity contribution in [3.05, 3.63) is 58.1 Å². The van der Waals surface area contributed by atoms with Crippen LogP contribution in [0.15, 0.2) is 47.4 Å². The molecule has 2 rings (SSSR count). The van der Waals surface area contributed by atoms with Crippen molar-refractivity contribution >= 4 is 44.9 Å². The number of benzene rings is 2. The van der Waals surface area contributed by atoms with E-state index < -0.39 is 16.0 Å². The zero-order valence-corrected chi connectivity index (χ0v) is 12.7. The molecule has 8 heteroatoms. The van der Waals surface area contributed by atoms with E-state index in [1.54, 1.807) is 0 Å². The normalized spacial score (nSPS) is 11.1. The highest BCUT2D eigenvalue weighted by Gasteiger charge is 2.20. The topological polar surface area (TPSA) is 83.5 Å². The van der Waals surface area contributed by atoms with Crippen molar-refractivity contribution < 1.29 is 18.3 Å². The van der Waals surface area contributed by atoms with E-state index in [1.807, 2.05) is 0 Å². The van der Waals surface area contributed by atoms with Gasteiger partial charge in [-0.25, -0.2) is 13.2 Å². The Labute approximate surface area is 131 Å². The molecule has 2 N–H and O–H groups in total. The molecular formula is C13H9Cl2NO4S. The number of rotatable bonds is 4. The van der Waals surface area contributed by atoms with Crippen molar-refractivity contribution in [2.24, 2.45) is 0 Å². The predicted octanol–water partition coefficient (Wildman–Crippen LogP) is 3.49. The van der Waals surface area contributed by atoms with Crippen molar-refractivity contribution in [3.63, 3.8) is 0 Å². The minimum Gasteiger partial charge on any atom is -0.478 e. The summed E-state index contributed by atoms with van der Waals surface area (Å²) < 4.78 is 26.8. The molecule has 0 saturated carbocycles. The first-order valence-electron chi connectivity index (χ1n) is 5.61. The third-order valence-electron chi connectivity index (χ3n) is 2.57. The van der Waals surface area contributed by atoms with Crippen LogP contribution < -0.4 is 4.72 Å². The van der Waals surface area contributed by atoms with E-state index in [-0.39, 0.29) is 26.2 Å². The summed E-state index contributed by atoms with van der Waals surface area (Å²) in [5.41, 5.74) is 0.0818. The molecule has 5 nitrogen and oxygen atoms in total. The molecule has 0 aliphatic heterocycles. The molecule has 110 valence electrons. The lowest BCUT2D eigenvalue weighted by Crippen LogP contribution is -2.14. The molecule has 0 spiro atoms. The summed E-state index contributed by atoms with van der Waals surface area (Å²) in [4.78, 5) is 10.7. The van der Waals surface area contributed by atoms with Crippen molar-refractivity contribution in [2.75, 3.05) is 4.72 Å². The lowest BCUT2D eigenvalue weighted by Gasteiger charge is -2.10. The number of anilines is 1. The number of hydrogen-bond donors (Lipinski definition) is 2. The Morgan fingerprint density at radius 3 is 2.43 bits per heavy atom. The zero-order valence-electron chi connectivity index (χ0n) is 10.4. The second-order valence-electron chi connectivity index (χ2n) is 4.04. The summed E-state index contributed by atoms with van der Waals surface area (Å²) in [6, 6.07) is 9.65. The second-order valence-corrected chi connectivity index (χ2v) is 6.48. The van der Waals surface area contributed by atoms with Crippen LogP contribution in [0, 0.1) is 0 Å². The van der Waals surface area contributed by atoms with Crippen molar-refractivity contribution in [1.82, 2.24) is 0 Å². The van der Waals surface area contributed by atoms with Gasteiger partial charge in [0, 0.05) is 5.69 Å². The summed E-state index contributed by atoms with van der Waals surface area (Å²) in [7, 11) is -3.97. The molecule has 0 aromatic heterocycles. The molecule has 0 aliphatic rings.